The van der Waals surface area contributed by atoms with E-state index in [-0.39, 0.29) is 12.5 Å². The molecule has 7 nitrogen and oxygen atoms in total. The van der Waals surface area contributed by atoms with Crippen LogP contribution in [0.2, 0.25) is 0 Å². The van der Waals surface area contributed by atoms with Gasteiger partial charge >= 0.3 is 0 Å². The predicted octanol–water partition coefficient (Wildman–Crippen LogP) is 0.910. The third kappa shape index (κ3) is 7.96. The molecule has 7 heteroatoms. The van der Waals surface area contributed by atoms with Crippen LogP contribution < -0.4 is 17.4 Å². The highest BCUT2D eigenvalue weighted by atomic mass is 16.3. The van der Waals surface area contributed by atoms with Crippen molar-refractivity contribution < 1.29 is 5.11 Å². The summed E-state index contributed by atoms with van der Waals surface area (Å²) in [4.78, 5) is 3.28. The van der Waals surface area contributed by atoms with Crippen LogP contribution in [-0.2, 0) is 6.42 Å². The van der Waals surface area contributed by atoms with E-state index in [0.717, 1.165) is 17.6 Å². The first-order valence-electron chi connectivity index (χ1n) is 7.22. The normalized spacial score (nSPS) is 10.3. The molecule has 0 amide bonds. The first kappa shape index (κ1) is 20.6. The van der Waals surface area contributed by atoms with Crippen LogP contribution in [0.15, 0.2) is 30.3 Å². The van der Waals surface area contributed by atoms with Gasteiger partial charge in [-0.05, 0) is 23.9 Å². The monoisotopic (exact) mass is 316 g/mol. The largest absolute Gasteiger partial charge is 0.396 e. The van der Waals surface area contributed by atoms with Crippen molar-refractivity contribution in [2.45, 2.75) is 19.3 Å². The average Bonchev–Trinajstić information content (AvgIpc) is 3.03. The number of para-hydroxylation sites is 1. The number of aliphatic hydroxyl groups is 1. The number of aromatic amines is 1. The second-order valence-electron chi connectivity index (χ2n) is 4.61. The summed E-state index contributed by atoms with van der Waals surface area (Å²) < 4.78 is 0. The summed E-state index contributed by atoms with van der Waals surface area (Å²) >= 11 is 0. The van der Waals surface area contributed by atoms with Crippen molar-refractivity contribution in [3.63, 3.8) is 0 Å². The van der Waals surface area contributed by atoms with E-state index in [2.05, 4.69) is 34.9 Å². The molecule has 0 saturated heterocycles. The van der Waals surface area contributed by atoms with Crippen LogP contribution in [0.3, 0.4) is 0 Å². The molecule has 2 aromatic rings. The Balaban J connectivity index is 0.000000421. The number of aromatic nitrogens is 1. The summed E-state index contributed by atoms with van der Waals surface area (Å²) in [6.07, 6.45) is 1.88. The number of nitriles is 2. The third-order valence-corrected chi connectivity index (χ3v) is 3.04. The number of aliphatic hydroxyl groups excluding tert-OH is 1. The van der Waals surface area contributed by atoms with Gasteiger partial charge in [0.1, 0.15) is 0 Å². The molecule has 8 N–H and O–H groups in total. The number of rotatable bonds is 5. The van der Waals surface area contributed by atoms with Gasteiger partial charge < -0.3 is 15.8 Å². The summed E-state index contributed by atoms with van der Waals surface area (Å²) in [5.41, 5.74) is 7.43. The minimum absolute atomic E-state index is 0.0510. The molecular formula is C16H24N6O. The molecule has 1 heterocycles. The second kappa shape index (κ2) is 13.3. The lowest BCUT2D eigenvalue weighted by molar-refractivity contribution is 0.273. The second-order valence-corrected chi connectivity index (χ2v) is 4.61. The molecule has 0 radical (unpaired) electrons. The molecule has 0 bridgehead atoms. The van der Waals surface area contributed by atoms with E-state index in [0.29, 0.717) is 19.4 Å². The lowest BCUT2D eigenvalue weighted by Gasteiger charge is -1.99. The molecule has 0 saturated carbocycles. The number of nitrogens with two attached hydrogens (primary N) is 3. The zero-order valence-electron chi connectivity index (χ0n) is 13.1. The van der Waals surface area contributed by atoms with Crippen molar-refractivity contribution in [2.75, 3.05) is 13.2 Å². The van der Waals surface area contributed by atoms with E-state index in [1.54, 1.807) is 0 Å². The number of benzene rings is 1. The standard InChI is InChI=1S/C11H10N2.C5H10N2O.H4N2/c12-7-3-5-10-8-9-4-1-2-6-11(9)13-10;6-3-5(4-7)1-2-8;1-2/h1-2,4,6,8,13H,3,5H2;5,8H,1-3,6H2;1-2H2. The Bertz CT molecular complexity index is 592. The van der Waals surface area contributed by atoms with Gasteiger partial charge in [-0.15, -0.1) is 0 Å². The molecule has 23 heavy (non-hydrogen) atoms. The van der Waals surface area contributed by atoms with Crippen LogP contribution in [0.1, 0.15) is 18.5 Å². The number of hydrazine groups is 1. The number of nitrogens with one attached hydrogen (secondary N) is 1. The fraction of sp³-hybridized carbons (Fsp3) is 0.375. The van der Waals surface area contributed by atoms with E-state index < -0.39 is 0 Å². The quantitative estimate of drug-likeness (QED) is 0.406. The van der Waals surface area contributed by atoms with Gasteiger partial charge in [-0.3, -0.25) is 11.7 Å². The van der Waals surface area contributed by atoms with Crippen molar-refractivity contribution in [3.8, 4) is 12.1 Å². The number of fused-ring (bicyclic) bond motifs is 1. The first-order chi connectivity index (χ1) is 11.2. The zero-order chi connectivity index (χ0) is 17.5. The Labute approximate surface area is 136 Å². The van der Waals surface area contributed by atoms with Gasteiger partial charge in [0.25, 0.3) is 0 Å². The number of H-pyrrole nitrogens is 1. The topological polar surface area (TPSA) is 162 Å². The maximum absolute atomic E-state index is 8.44. The van der Waals surface area contributed by atoms with Crippen LogP contribution in [-0.4, -0.2) is 23.2 Å². The van der Waals surface area contributed by atoms with E-state index in [4.69, 9.17) is 21.4 Å². The van der Waals surface area contributed by atoms with Crippen molar-refractivity contribution in [1.82, 2.24) is 4.98 Å². The van der Waals surface area contributed by atoms with Gasteiger partial charge in [0.05, 0.1) is 18.1 Å². The maximum Gasteiger partial charge on any atom is 0.0670 e. The van der Waals surface area contributed by atoms with Gasteiger partial charge in [-0.25, -0.2) is 0 Å². The van der Waals surface area contributed by atoms with Gasteiger partial charge in [-0.1, -0.05) is 18.2 Å². The third-order valence-electron chi connectivity index (χ3n) is 3.04. The molecule has 2 rings (SSSR count). The minimum atomic E-state index is -0.167. The van der Waals surface area contributed by atoms with E-state index in [1.165, 1.54) is 5.39 Å². The molecule has 0 aliphatic carbocycles. The van der Waals surface area contributed by atoms with Crippen molar-refractivity contribution in [1.29, 1.82) is 10.5 Å². The lowest BCUT2D eigenvalue weighted by Crippen LogP contribution is -2.13. The fourth-order valence-corrected chi connectivity index (χ4v) is 1.85. The SMILES string of the molecule is N#CC(CN)CCO.N#CCCc1cc2ccccc2[nH]1.NN. The van der Waals surface area contributed by atoms with E-state index in [9.17, 15) is 0 Å². The molecule has 1 unspecified atom stereocenters. The molecule has 0 aliphatic rings. The minimum Gasteiger partial charge on any atom is -0.396 e. The zero-order valence-corrected chi connectivity index (χ0v) is 13.1. The number of hydrogen-bond donors (Lipinski definition) is 5. The lowest BCUT2D eigenvalue weighted by atomic mass is 10.1. The molecule has 1 aromatic carbocycles. The maximum atomic E-state index is 8.44. The van der Waals surface area contributed by atoms with E-state index in [1.807, 2.05) is 24.3 Å². The summed E-state index contributed by atoms with van der Waals surface area (Å²) in [5.74, 6) is 7.83. The fourth-order valence-electron chi connectivity index (χ4n) is 1.85. The molecule has 1 atom stereocenters. The Morgan fingerprint density at radius 1 is 1.22 bits per heavy atom. The van der Waals surface area contributed by atoms with Crippen LogP contribution in [0.25, 0.3) is 10.9 Å². The van der Waals surface area contributed by atoms with Crippen molar-refractivity contribution >= 4 is 10.9 Å². The number of hydrogen-bond acceptors (Lipinski definition) is 6. The summed E-state index contributed by atoms with van der Waals surface area (Å²) in [7, 11) is 0. The Morgan fingerprint density at radius 2 is 1.91 bits per heavy atom. The van der Waals surface area contributed by atoms with E-state index >= 15 is 0 Å². The van der Waals surface area contributed by atoms with Crippen molar-refractivity contribution in [2.24, 2.45) is 23.3 Å². The van der Waals surface area contributed by atoms with Crippen LogP contribution in [0, 0.1) is 28.6 Å². The van der Waals surface area contributed by atoms with Gasteiger partial charge in [0.15, 0.2) is 0 Å². The number of aryl methyl sites for hydroxylation is 1. The van der Waals surface area contributed by atoms with Crippen LogP contribution in [0.4, 0.5) is 0 Å². The van der Waals surface area contributed by atoms with Gasteiger partial charge in [-0.2, -0.15) is 10.5 Å². The molecule has 0 aliphatic heterocycles. The molecule has 0 fully saturated rings. The average molecular weight is 316 g/mol. The van der Waals surface area contributed by atoms with Crippen LogP contribution in [0.5, 0.6) is 0 Å². The summed E-state index contributed by atoms with van der Waals surface area (Å²) in [5, 5.41) is 26.2. The highest BCUT2D eigenvalue weighted by molar-refractivity contribution is 5.80. The predicted molar refractivity (Wildman–Crippen MR) is 90.5 cm³/mol. The Kier molecular flexibility index (Phi) is 11.9. The summed E-state index contributed by atoms with van der Waals surface area (Å²) in [6, 6.07) is 14.4. The highest BCUT2D eigenvalue weighted by Crippen LogP contribution is 2.15. The van der Waals surface area contributed by atoms with Crippen LogP contribution >= 0.6 is 0 Å². The molecule has 0 spiro atoms. The first-order valence-corrected chi connectivity index (χ1v) is 7.22. The molecular weight excluding hydrogens is 292 g/mol. The Morgan fingerprint density at radius 3 is 2.39 bits per heavy atom. The Hall–Kier alpha value is -2.42. The smallest absolute Gasteiger partial charge is 0.0670 e. The molecule has 124 valence electrons. The highest BCUT2D eigenvalue weighted by Gasteiger charge is 2.00. The van der Waals surface area contributed by atoms with Gasteiger partial charge in [0, 0.05) is 37.2 Å². The number of nitrogens with zero attached hydrogens (tertiary/aromatic N) is 2. The van der Waals surface area contributed by atoms with Gasteiger partial charge in [0.2, 0.25) is 0 Å². The molecule has 1 aromatic heterocycles. The van der Waals surface area contributed by atoms with Crippen molar-refractivity contribution in [3.05, 3.63) is 36.0 Å². The summed E-state index contributed by atoms with van der Waals surface area (Å²) in [6.45, 7) is 0.395.